The fourth-order valence-electron chi connectivity index (χ4n) is 3.85. The summed E-state index contributed by atoms with van der Waals surface area (Å²) in [6.45, 7) is 6.47. The van der Waals surface area contributed by atoms with Gasteiger partial charge in [0.15, 0.2) is 5.43 Å². The molecule has 0 aliphatic carbocycles. The monoisotopic (exact) mass is 431 g/mol. The second-order valence-corrected chi connectivity index (χ2v) is 8.79. The Morgan fingerprint density at radius 3 is 2.00 bits per heavy atom. The van der Waals surface area contributed by atoms with Gasteiger partial charge >= 0.3 is 0 Å². The molecule has 4 aromatic rings. The zero-order valence-corrected chi connectivity index (χ0v) is 18.9. The second kappa shape index (κ2) is 8.15. The van der Waals surface area contributed by atoms with Gasteiger partial charge in [-0.2, -0.15) is 0 Å². The predicted molar refractivity (Wildman–Crippen MR) is 127 cm³/mol. The third-order valence-corrected chi connectivity index (χ3v) is 5.61. The molecule has 4 rings (SSSR count). The van der Waals surface area contributed by atoms with Crippen molar-refractivity contribution >= 4 is 10.9 Å². The van der Waals surface area contributed by atoms with Crippen LogP contribution in [0.4, 0.5) is 4.39 Å². The molecule has 0 saturated carbocycles. The fourth-order valence-corrected chi connectivity index (χ4v) is 3.85. The van der Waals surface area contributed by atoms with Gasteiger partial charge in [0.1, 0.15) is 17.3 Å². The number of ether oxygens (including phenoxy) is 2. The molecule has 164 valence electrons. The minimum Gasteiger partial charge on any atom is -0.497 e. The summed E-state index contributed by atoms with van der Waals surface area (Å²) in [5, 5.41) is 0.307. The number of benzene rings is 3. The quantitative estimate of drug-likeness (QED) is 0.391. The summed E-state index contributed by atoms with van der Waals surface area (Å²) in [5.41, 5.74) is 3.89. The topological polar surface area (TPSA) is 40.5 Å². The molecule has 5 heteroatoms. The van der Waals surface area contributed by atoms with Gasteiger partial charge in [-0.3, -0.25) is 4.79 Å². The van der Waals surface area contributed by atoms with E-state index >= 15 is 0 Å². The molecule has 0 aliphatic heterocycles. The van der Waals surface area contributed by atoms with Gasteiger partial charge in [0, 0.05) is 29.7 Å². The summed E-state index contributed by atoms with van der Waals surface area (Å²) in [6, 6.07) is 19.5. The maximum atomic E-state index is 14.0. The van der Waals surface area contributed by atoms with Gasteiger partial charge in [-0.15, -0.1) is 0 Å². The van der Waals surface area contributed by atoms with Crippen LogP contribution in [0.25, 0.3) is 27.8 Å². The predicted octanol–water partition coefficient (Wildman–Crippen LogP) is 6.11. The first-order valence-corrected chi connectivity index (χ1v) is 10.4. The minimum absolute atomic E-state index is 0.0132. The summed E-state index contributed by atoms with van der Waals surface area (Å²) >= 11 is 0. The summed E-state index contributed by atoms with van der Waals surface area (Å²) < 4.78 is 26.8. The second-order valence-electron chi connectivity index (χ2n) is 8.79. The van der Waals surface area contributed by atoms with Gasteiger partial charge in [0.05, 0.1) is 31.1 Å². The van der Waals surface area contributed by atoms with Crippen molar-refractivity contribution in [3.8, 4) is 28.4 Å². The van der Waals surface area contributed by atoms with Gasteiger partial charge in [-0.05, 0) is 34.7 Å². The van der Waals surface area contributed by atoms with E-state index in [1.165, 1.54) is 17.7 Å². The number of hydrogen-bond donors (Lipinski definition) is 0. The number of hydrogen-bond acceptors (Lipinski definition) is 3. The van der Waals surface area contributed by atoms with Crippen LogP contribution < -0.4 is 14.9 Å². The third kappa shape index (κ3) is 3.98. The van der Waals surface area contributed by atoms with Crippen molar-refractivity contribution in [2.45, 2.75) is 26.2 Å². The lowest BCUT2D eigenvalue weighted by molar-refractivity contribution is 0.394. The van der Waals surface area contributed by atoms with Gasteiger partial charge in [0.2, 0.25) is 0 Å². The van der Waals surface area contributed by atoms with Crippen molar-refractivity contribution in [3.63, 3.8) is 0 Å². The van der Waals surface area contributed by atoms with Crippen molar-refractivity contribution in [3.05, 3.63) is 88.3 Å². The first kappa shape index (κ1) is 21.6. The molecule has 0 unspecified atom stereocenters. The van der Waals surface area contributed by atoms with E-state index in [-0.39, 0.29) is 10.8 Å². The Morgan fingerprint density at radius 1 is 0.812 bits per heavy atom. The summed E-state index contributed by atoms with van der Waals surface area (Å²) in [5.74, 6) is 0.774. The Bertz CT molecular complexity index is 1330. The van der Waals surface area contributed by atoms with E-state index in [9.17, 15) is 9.18 Å². The SMILES string of the molecule is COc1cc(OC)cc(-n2c(-c3ccc(C(C)(C)C)cc3)cc(=O)c3cc(F)ccc32)c1. The number of fused-ring (bicyclic) bond motifs is 1. The molecule has 0 N–H and O–H groups in total. The molecule has 0 fully saturated rings. The van der Waals surface area contributed by atoms with Crippen molar-refractivity contribution in [1.29, 1.82) is 0 Å². The minimum atomic E-state index is -0.452. The van der Waals surface area contributed by atoms with E-state index in [2.05, 4.69) is 32.9 Å². The van der Waals surface area contributed by atoms with Crippen LogP contribution in [0.1, 0.15) is 26.3 Å². The molecule has 0 aliphatic rings. The lowest BCUT2D eigenvalue weighted by Gasteiger charge is -2.21. The Labute approximate surface area is 186 Å². The van der Waals surface area contributed by atoms with Crippen LogP contribution >= 0.6 is 0 Å². The Hall–Kier alpha value is -3.60. The van der Waals surface area contributed by atoms with E-state index in [0.717, 1.165) is 11.3 Å². The molecule has 0 bridgehead atoms. The number of pyridine rings is 1. The van der Waals surface area contributed by atoms with Crippen LogP contribution in [-0.4, -0.2) is 18.8 Å². The average Bonchev–Trinajstić information content (AvgIpc) is 2.78. The molecule has 4 nitrogen and oxygen atoms in total. The van der Waals surface area contributed by atoms with E-state index in [1.54, 1.807) is 32.4 Å². The van der Waals surface area contributed by atoms with Crippen LogP contribution in [0.15, 0.2) is 71.5 Å². The van der Waals surface area contributed by atoms with Crippen LogP contribution in [0.2, 0.25) is 0 Å². The molecule has 1 aromatic heterocycles. The van der Waals surface area contributed by atoms with Gasteiger partial charge in [-0.25, -0.2) is 4.39 Å². The maximum Gasteiger partial charge on any atom is 0.190 e. The Balaban J connectivity index is 2.06. The maximum absolute atomic E-state index is 14.0. The molecule has 0 atom stereocenters. The molecule has 0 amide bonds. The van der Waals surface area contributed by atoms with E-state index in [1.807, 2.05) is 28.8 Å². The molecule has 0 saturated heterocycles. The molecule has 3 aromatic carbocycles. The Kier molecular flexibility index (Phi) is 5.51. The van der Waals surface area contributed by atoms with E-state index in [0.29, 0.717) is 28.1 Å². The van der Waals surface area contributed by atoms with Crippen LogP contribution in [0, 0.1) is 5.82 Å². The average molecular weight is 432 g/mol. The van der Waals surface area contributed by atoms with Crippen LogP contribution in [0.5, 0.6) is 11.5 Å². The summed E-state index contributed by atoms with van der Waals surface area (Å²) in [6.07, 6.45) is 0. The molecule has 0 radical (unpaired) electrons. The third-order valence-electron chi connectivity index (χ3n) is 5.61. The summed E-state index contributed by atoms with van der Waals surface area (Å²) in [7, 11) is 3.17. The van der Waals surface area contributed by atoms with Crippen LogP contribution in [-0.2, 0) is 5.41 Å². The zero-order chi connectivity index (χ0) is 23.0. The highest BCUT2D eigenvalue weighted by Gasteiger charge is 2.17. The fraction of sp³-hybridized carbons (Fsp3) is 0.222. The van der Waals surface area contributed by atoms with Crippen molar-refractivity contribution in [1.82, 2.24) is 4.57 Å². The molecule has 0 spiro atoms. The summed E-state index contributed by atoms with van der Waals surface area (Å²) in [4.78, 5) is 13.0. The lowest BCUT2D eigenvalue weighted by Crippen LogP contribution is -2.12. The number of methoxy groups -OCH3 is 2. The smallest absolute Gasteiger partial charge is 0.190 e. The molecule has 32 heavy (non-hydrogen) atoms. The lowest BCUT2D eigenvalue weighted by atomic mass is 9.86. The van der Waals surface area contributed by atoms with Crippen molar-refractivity contribution in [2.75, 3.05) is 14.2 Å². The van der Waals surface area contributed by atoms with Crippen LogP contribution in [0.3, 0.4) is 0 Å². The first-order valence-electron chi connectivity index (χ1n) is 10.4. The molecular weight excluding hydrogens is 405 g/mol. The van der Waals surface area contributed by atoms with Crippen molar-refractivity contribution in [2.24, 2.45) is 0 Å². The van der Waals surface area contributed by atoms with Gasteiger partial charge in [0.25, 0.3) is 0 Å². The van der Waals surface area contributed by atoms with Crippen molar-refractivity contribution < 1.29 is 13.9 Å². The van der Waals surface area contributed by atoms with E-state index < -0.39 is 5.82 Å². The normalized spacial score (nSPS) is 11.6. The largest absolute Gasteiger partial charge is 0.497 e. The number of halogens is 1. The number of aromatic nitrogens is 1. The highest BCUT2D eigenvalue weighted by Crippen LogP contribution is 2.33. The van der Waals surface area contributed by atoms with Gasteiger partial charge < -0.3 is 14.0 Å². The molecule has 1 heterocycles. The number of rotatable bonds is 4. The standard InChI is InChI=1S/C27H26FNO3/c1-27(2,3)18-8-6-17(7-9-18)25-16-26(30)23-12-19(28)10-11-24(23)29(25)20-13-21(31-4)15-22(14-20)32-5/h6-16H,1-5H3. The highest BCUT2D eigenvalue weighted by atomic mass is 19.1. The Morgan fingerprint density at radius 2 is 1.44 bits per heavy atom. The molecular formula is C27H26FNO3. The van der Waals surface area contributed by atoms with E-state index in [4.69, 9.17) is 9.47 Å². The number of nitrogens with zero attached hydrogens (tertiary/aromatic N) is 1. The highest BCUT2D eigenvalue weighted by molar-refractivity contribution is 5.85. The first-order chi connectivity index (χ1) is 15.2. The zero-order valence-electron chi connectivity index (χ0n) is 18.9. The van der Waals surface area contributed by atoms with Gasteiger partial charge in [-0.1, -0.05) is 45.0 Å².